The molecule has 0 aliphatic carbocycles. The van der Waals surface area contributed by atoms with Crippen molar-refractivity contribution in [3.05, 3.63) is 24.3 Å². The zero-order chi connectivity index (χ0) is 21.0. The lowest BCUT2D eigenvalue weighted by molar-refractivity contribution is -0.150. The third kappa shape index (κ3) is 6.64. The van der Waals surface area contributed by atoms with E-state index in [2.05, 4.69) is 10.6 Å². The number of carbonyl (C=O) groups is 2. The van der Waals surface area contributed by atoms with Crippen molar-refractivity contribution in [3.63, 3.8) is 0 Å². The lowest BCUT2D eigenvalue weighted by Gasteiger charge is -2.42. The number of aliphatic carboxylic acids is 1. The van der Waals surface area contributed by atoms with E-state index in [1.807, 2.05) is 13.8 Å². The number of rotatable bonds is 6. The first kappa shape index (κ1) is 23.1. The summed E-state index contributed by atoms with van der Waals surface area (Å²) < 4.78 is 37.1. The summed E-state index contributed by atoms with van der Waals surface area (Å²) in [5.41, 5.74) is -6.40. The standard InChI is InChI=1S/C18H25F3N2O3S/c1-11(2)10-17(14(24)25,16(3,4)5)23-15(26)22-12-6-8-13(9-7-12)27-18(19,20)21/h6-9,11H,10H2,1-5H3,(H,24,25)(H2,22,23,26)/t17-/m1/s1. The smallest absolute Gasteiger partial charge is 0.446 e. The number of carboxylic acids is 1. The number of carbonyl (C=O) groups excluding carboxylic acids is 1. The summed E-state index contributed by atoms with van der Waals surface area (Å²) in [6.07, 6.45) is 0.223. The maximum atomic E-state index is 12.4. The highest BCUT2D eigenvalue weighted by Crippen LogP contribution is 2.38. The van der Waals surface area contributed by atoms with Crippen molar-refractivity contribution in [2.75, 3.05) is 5.32 Å². The van der Waals surface area contributed by atoms with Crippen LogP contribution in [0.1, 0.15) is 41.0 Å². The molecule has 1 rings (SSSR count). The predicted molar refractivity (Wildman–Crippen MR) is 99.8 cm³/mol. The summed E-state index contributed by atoms with van der Waals surface area (Å²) in [6, 6.07) is 4.39. The summed E-state index contributed by atoms with van der Waals surface area (Å²) in [5.74, 6) is -1.13. The maximum absolute atomic E-state index is 12.4. The monoisotopic (exact) mass is 406 g/mol. The topological polar surface area (TPSA) is 78.4 Å². The van der Waals surface area contributed by atoms with Gasteiger partial charge >= 0.3 is 17.5 Å². The van der Waals surface area contributed by atoms with Crippen molar-refractivity contribution in [2.24, 2.45) is 11.3 Å². The second-order valence-corrected chi connectivity index (χ2v) is 8.85. The number of thioether (sulfide) groups is 1. The van der Waals surface area contributed by atoms with Gasteiger partial charge in [-0.2, -0.15) is 13.2 Å². The molecule has 1 atom stereocenters. The number of nitrogens with one attached hydrogen (secondary N) is 2. The van der Waals surface area contributed by atoms with E-state index < -0.39 is 28.5 Å². The van der Waals surface area contributed by atoms with Crippen LogP contribution in [-0.2, 0) is 4.79 Å². The van der Waals surface area contributed by atoms with E-state index in [0.29, 0.717) is 0 Å². The van der Waals surface area contributed by atoms with Gasteiger partial charge in [0.15, 0.2) is 0 Å². The normalized spacial score (nSPS) is 14.6. The van der Waals surface area contributed by atoms with Crippen LogP contribution in [-0.4, -0.2) is 28.2 Å². The van der Waals surface area contributed by atoms with Crippen LogP contribution in [0.5, 0.6) is 0 Å². The average molecular weight is 406 g/mol. The molecule has 152 valence electrons. The van der Waals surface area contributed by atoms with Gasteiger partial charge in [-0.1, -0.05) is 34.6 Å². The molecule has 0 aliphatic rings. The van der Waals surface area contributed by atoms with Gasteiger partial charge in [0.1, 0.15) is 5.54 Å². The molecule has 0 radical (unpaired) electrons. The zero-order valence-corrected chi connectivity index (χ0v) is 16.7. The number of amides is 2. The Morgan fingerprint density at radius 1 is 1.11 bits per heavy atom. The number of halogens is 3. The van der Waals surface area contributed by atoms with Crippen LogP contribution in [0.2, 0.25) is 0 Å². The summed E-state index contributed by atoms with van der Waals surface area (Å²) in [6.45, 7) is 8.91. The molecule has 3 N–H and O–H groups in total. The van der Waals surface area contributed by atoms with Gasteiger partial charge < -0.3 is 15.7 Å². The number of benzene rings is 1. The fourth-order valence-corrected chi connectivity index (χ4v) is 3.25. The highest BCUT2D eigenvalue weighted by Gasteiger charge is 2.50. The van der Waals surface area contributed by atoms with Crippen molar-refractivity contribution in [3.8, 4) is 0 Å². The molecule has 0 fully saturated rings. The molecule has 0 saturated carbocycles. The lowest BCUT2D eigenvalue weighted by Crippen LogP contribution is -2.63. The molecule has 1 aromatic carbocycles. The number of carboxylic acid groups (broad SMARTS) is 1. The molecular weight excluding hydrogens is 381 g/mol. The van der Waals surface area contributed by atoms with E-state index in [1.54, 1.807) is 20.8 Å². The Morgan fingerprint density at radius 3 is 2.00 bits per heavy atom. The van der Waals surface area contributed by atoms with Crippen LogP contribution in [0.3, 0.4) is 0 Å². The van der Waals surface area contributed by atoms with Crippen molar-refractivity contribution in [1.82, 2.24) is 5.32 Å². The van der Waals surface area contributed by atoms with Gasteiger partial charge in [-0.25, -0.2) is 9.59 Å². The van der Waals surface area contributed by atoms with Crippen LogP contribution in [0, 0.1) is 11.3 Å². The Labute approximate surface area is 161 Å². The van der Waals surface area contributed by atoms with Gasteiger partial charge in [-0.15, -0.1) is 0 Å². The summed E-state index contributed by atoms with van der Waals surface area (Å²) in [4.78, 5) is 24.4. The largest absolute Gasteiger partial charge is 0.479 e. The fourth-order valence-electron chi connectivity index (χ4n) is 2.71. The third-order valence-corrected chi connectivity index (χ3v) is 4.77. The van der Waals surface area contributed by atoms with Crippen LogP contribution in [0.15, 0.2) is 29.2 Å². The minimum atomic E-state index is -4.39. The quantitative estimate of drug-likeness (QED) is 0.558. The Bertz CT molecular complexity index is 670. The van der Waals surface area contributed by atoms with E-state index in [0.717, 1.165) is 0 Å². The lowest BCUT2D eigenvalue weighted by atomic mass is 9.69. The van der Waals surface area contributed by atoms with Crippen molar-refractivity contribution < 1.29 is 27.9 Å². The molecule has 5 nitrogen and oxygen atoms in total. The Morgan fingerprint density at radius 2 is 1.63 bits per heavy atom. The molecular formula is C18H25F3N2O3S. The average Bonchev–Trinajstić information content (AvgIpc) is 2.45. The SMILES string of the molecule is CC(C)C[C@@](NC(=O)Nc1ccc(SC(F)(F)F)cc1)(C(=O)O)C(C)(C)C. The second-order valence-electron chi connectivity index (χ2n) is 7.71. The van der Waals surface area contributed by atoms with E-state index >= 15 is 0 Å². The van der Waals surface area contributed by atoms with Crippen molar-refractivity contribution in [1.29, 1.82) is 0 Å². The van der Waals surface area contributed by atoms with Gasteiger partial charge in [0.05, 0.1) is 0 Å². The number of alkyl halides is 3. The molecule has 27 heavy (non-hydrogen) atoms. The molecule has 0 bridgehead atoms. The predicted octanol–water partition coefficient (Wildman–Crippen LogP) is 5.34. The van der Waals surface area contributed by atoms with Crippen LogP contribution < -0.4 is 10.6 Å². The summed E-state index contributed by atoms with van der Waals surface area (Å²) in [5, 5.41) is 14.9. The molecule has 1 aromatic rings. The van der Waals surface area contributed by atoms with Crippen molar-refractivity contribution in [2.45, 2.75) is 57.0 Å². The highest BCUT2D eigenvalue weighted by molar-refractivity contribution is 8.00. The molecule has 9 heteroatoms. The molecule has 0 aliphatic heterocycles. The van der Waals surface area contributed by atoms with Crippen LogP contribution >= 0.6 is 11.8 Å². The van der Waals surface area contributed by atoms with Crippen LogP contribution in [0.4, 0.5) is 23.7 Å². The Kier molecular flexibility index (Phi) is 7.21. The molecule has 0 spiro atoms. The zero-order valence-electron chi connectivity index (χ0n) is 15.9. The third-order valence-electron chi connectivity index (χ3n) is 4.03. The Hall–Kier alpha value is -1.90. The first-order chi connectivity index (χ1) is 12.2. The highest BCUT2D eigenvalue weighted by atomic mass is 32.2. The minimum absolute atomic E-state index is 0.0113. The second kappa shape index (κ2) is 8.41. The van der Waals surface area contributed by atoms with Gasteiger partial charge in [0, 0.05) is 10.6 Å². The van der Waals surface area contributed by atoms with E-state index in [-0.39, 0.29) is 34.7 Å². The van der Waals surface area contributed by atoms with Gasteiger partial charge in [-0.3, -0.25) is 0 Å². The summed E-state index contributed by atoms with van der Waals surface area (Å²) >= 11 is -0.254. The van der Waals surface area contributed by atoms with E-state index in [4.69, 9.17) is 0 Å². The molecule has 0 saturated heterocycles. The number of hydrogen-bond acceptors (Lipinski definition) is 3. The number of urea groups is 1. The fraction of sp³-hybridized carbons (Fsp3) is 0.556. The number of hydrogen-bond donors (Lipinski definition) is 3. The Balaban J connectivity index is 2.95. The van der Waals surface area contributed by atoms with Gasteiger partial charge in [-0.05, 0) is 53.8 Å². The maximum Gasteiger partial charge on any atom is 0.446 e. The van der Waals surface area contributed by atoms with E-state index in [9.17, 15) is 27.9 Å². The molecule has 2 amide bonds. The number of anilines is 1. The van der Waals surface area contributed by atoms with Gasteiger partial charge in [0.2, 0.25) is 0 Å². The molecule has 0 heterocycles. The minimum Gasteiger partial charge on any atom is -0.479 e. The van der Waals surface area contributed by atoms with E-state index in [1.165, 1.54) is 24.3 Å². The summed E-state index contributed by atoms with van der Waals surface area (Å²) in [7, 11) is 0. The molecule has 0 unspecified atom stereocenters. The first-order valence-electron chi connectivity index (χ1n) is 8.34. The van der Waals surface area contributed by atoms with Crippen LogP contribution in [0.25, 0.3) is 0 Å². The van der Waals surface area contributed by atoms with Gasteiger partial charge in [0.25, 0.3) is 0 Å². The first-order valence-corrected chi connectivity index (χ1v) is 9.16. The van der Waals surface area contributed by atoms with Crippen molar-refractivity contribution >= 4 is 29.4 Å². The molecule has 0 aromatic heterocycles.